The van der Waals surface area contributed by atoms with Crippen molar-refractivity contribution in [1.29, 1.82) is 0 Å². The van der Waals surface area contributed by atoms with E-state index in [-0.39, 0.29) is 12.5 Å². The average molecular weight is 354 g/mol. The van der Waals surface area contributed by atoms with Crippen LogP contribution in [-0.2, 0) is 4.79 Å². The number of rotatable bonds is 10. The van der Waals surface area contributed by atoms with E-state index in [9.17, 15) is 4.79 Å². The number of amides is 1. The summed E-state index contributed by atoms with van der Waals surface area (Å²) in [6.45, 7) is 9.06. The van der Waals surface area contributed by atoms with Crippen molar-refractivity contribution >= 4 is 17.3 Å². The van der Waals surface area contributed by atoms with Crippen LogP contribution in [0.2, 0.25) is 0 Å². The monoisotopic (exact) mass is 354 g/mol. The van der Waals surface area contributed by atoms with Gasteiger partial charge in [0, 0.05) is 23.5 Å². The summed E-state index contributed by atoms with van der Waals surface area (Å²) >= 11 is 0. The Morgan fingerprint density at radius 1 is 1.04 bits per heavy atom. The largest absolute Gasteiger partial charge is 0.494 e. The second-order valence-electron chi connectivity index (χ2n) is 6.05. The highest BCUT2D eigenvalue weighted by Gasteiger charge is 2.04. The molecule has 0 aliphatic heterocycles. The highest BCUT2D eigenvalue weighted by atomic mass is 16.5. The van der Waals surface area contributed by atoms with E-state index in [1.807, 2.05) is 55.5 Å². The fraction of sp³-hybridized carbons (Fsp3) is 0.286. The molecule has 0 aliphatic carbocycles. The number of nitrogens with one attached hydrogen (secondary N) is 2. The number of hydrogen-bond donors (Lipinski definition) is 2. The van der Waals surface area contributed by atoms with Crippen molar-refractivity contribution in [3.8, 4) is 11.5 Å². The first kappa shape index (κ1) is 19.4. The minimum atomic E-state index is -0.133. The zero-order valence-corrected chi connectivity index (χ0v) is 15.4. The van der Waals surface area contributed by atoms with E-state index in [0.29, 0.717) is 18.9 Å². The molecule has 0 heterocycles. The molecule has 0 spiro atoms. The second kappa shape index (κ2) is 10.1. The summed E-state index contributed by atoms with van der Waals surface area (Å²) in [7, 11) is 0. The lowest BCUT2D eigenvalue weighted by Gasteiger charge is -2.11. The van der Waals surface area contributed by atoms with E-state index in [2.05, 4.69) is 24.1 Å². The molecule has 5 heteroatoms. The SMILES string of the molecule is C=C(C)COc1cccc(NCC(=O)Nc2cccc(OCCC)c2)c1. The summed E-state index contributed by atoms with van der Waals surface area (Å²) in [5.74, 6) is 1.35. The Morgan fingerprint density at radius 2 is 1.69 bits per heavy atom. The molecule has 0 aromatic heterocycles. The maximum Gasteiger partial charge on any atom is 0.243 e. The van der Waals surface area contributed by atoms with Gasteiger partial charge in [0.25, 0.3) is 0 Å². The molecule has 1 amide bonds. The summed E-state index contributed by atoms with van der Waals surface area (Å²) in [4.78, 5) is 12.2. The molecule has 0 saturated carbocycles. The lowest BCUT2D eigenvalue weighted by molar-refractivity contribution is -0.114. The molecular formula is C21H26N2O3. The lowest BCUT2D eigenvalue weighted by atomic mass is 10.3. The van der Waals surface area contributed by atoms with Crippen LogP contribution in [0, 0.1) is 0 Å². The third-order valence-corrected chi connectivity index (χ3v) is 3.36. The van der Waals surface area contributed by atoms with Gasteiger partial charge >= 0.3 is 0 Å². The van der Waals surface area contributed by atoms with Crippen molar-refractivity contribution in [1.82, 2.24) is 0 Å². The highest BCUT2D eigenvalue weighted by Crippen LogP contribution is 2.19. The molecule has 0 fully saturated rings. The number of benzene rings is 2. The Hall–Kier alpha value is -2.95. The standard InChI is InChI=1S/C21H26N2O3/c1-4-11-25-19-9-6-8-18(13-19)23-21(24)14-22-17-7-5-10-20(12-17)26-15-16(2)3/h5-10,12-13,22H,2,4,11,14-15H2,1,3H3,(H,23,24). The molecule has 5 nitrogen and oxygen atoms in total. The van der Waals surface area contributed by atoms with Gasteiger partial charge in [-0.15, -0.1) is 0 Å². The van der Waals surface area contributed by atoms with Gasteiger partial charge in [0.2, 0.25) is 5.91 Å². The van der Waals surface area contributed by atoms with Crippen LogP contribution in [0.25, 0.3) is 0 Å². The molecule has 2 aromatic rings. The van der Waals surface area contributed by atoms with Gasteiger partial charge in [-0.2, -0.15) is 0 Å². The zero-order valence-electron chi connectivity index (χ0n) is 15.4. The first-order chi connectivity index (χ1) is 12.6. The van der Waals surface area contributed by atoms with E-state index in [1.54, 1.807) is 0 Å². The molecule has 2 rings (SSSR count). The van der Waals surface area contributed by atoms with Gasteiger partial charge in [0.15, 0.2) is 0 Å². The topological polar surface area (TPSA) is 59.6 Å². The smallest absolute Gasteiger partial charge is 0.243 e. The van der Waals surface area contributed by atoms with Crippen molar-refractivity contribution in [3.63, 3.8) is 0 Å². The van der Waals surface area contributed by atoms with Gasteiger partial charge in [0.1, 0.15) is 18.1 Å². The van der Waals surface area contributed by atoms with Gasteiger partial charge in [-0.1, -0.05) is 25.6 Å². The third kappa shape index (κ3) is 6.89. The Morgan fingerprint density at radius 3 is 2.38 bits per heavy atom. The lowest BCUT2D eigenvalue weighted by Crippen LogP contribution is -2.21. The molecule has 0 saturated heterocycles. The molecule has 0 atom stereocenters. The number of hydrogen-bond acceptors (Lipinski definition) is 4. The van der Waals surface area contributed by atoms with E-state index < -0.39 is 0 Å². The molecule has 26 heavy (non-hydrogen) atoms. The summed E-state index contributed by atoms with van der Waals surface area (Å²) in [5.41, 5.74) is 2.48. The number of ether oxygens (including phenoxy) is 2. The van der Waals surface area contributed by atoms with Crippen LogP contribution in [0.5, 0.6) is 11.5 Å². The summed E-state index contributed by atoms with van der Waals surface area (Å²) in [5, 5.41) is 5.96. The van der Waals surface area contributed by atoms with Crippen molar-refractivity contribution in [2.75, 3.05) is 30.4 Å². The molecule has 0 radical (unpaired) electrons. The Balaban J connectivity index is 1.85. The van der Waals surface area contributed by atoms with E-state index in [0.717, 1.165) is 29.2 Å². The predicted octanol–water partition coefficient (Wildman–Crippen LogP) is 4.48. The summed E-state index contributed by atoms with van der Waals surface area (Å²) in [6, 6.07) is 14.9. The van der Waals surface area contributed by atoms with Crippen molar-refractivity contribution in [2.24, 2.45) is 0 Å². The third-order valence-electron chi connectivity index (χ3n) is 3.36. The van der Waals surface area contributed by atoms with Crippen LogP contribution in [-0.4, -0.2) is 25.7 Å². The predicted molar refractivity (Wildman–Crippen MR) is 106 cm³/mol. The minimum absolute atomic E-state index is 0.133. The van der Waals surface area contributed by atoms with E-state index in [4.69, 9.17) is 9.47 Å². The van der Waals surface area contributed by atoms with Crippen molar-refractivity contribution in [2.45, 2.75) is 20.3 Å². The maximum absolute atomic E-state index is 12.2. The normalized spacial score (nSPS) is 10.1. The van der Waals surface area contributed by atoms with E-state index >= 15 is 0 Å². The quantitative estimate of drug-likeness (QED) is 0.618. The summed E-state index contributed by atoms with van der Waals surface area (Å²) < 4.78 is 11.2. The number of carbonyl (C=O) groups is 1. The molecule has 2 aromatic carbocycles. The first-order valence-corrected chi connectivity index (χ1v) is 8.70. The van der Waals surface area contributed by atoms with E-state index in [1.165, 1.54) is 0 Å². The Kier molecular flexibility index (Phi) is 7.55. The Labute approximate surface area is 155 Å². The van der Waals surface area contributed by atoms with Crippen LogP contribution in [0.3, 0.4) is 0 Å². The van der Waals surface area contributed by atoms with Gasteiger partial charge in [-0.05, 0) is 43.2 Å². The molecule has 0 aliphatic rings. The molecule has 0 bridgehead atoms. The number of anilines is 2. The molecule has 0 unspecified atom stereocenters. The van der Waals surface area contributed by atoms with Crippen LogP contribution >= 0.6 is 0 Å². The van der Waals surface area contributed by atoms with Gasteiger partial charge in [0.05, 0.1) is 13.2 Å². The molecule has 138 valence electrons. The molecule has 2 N–H and O–H groups in total. The van der Waals surface area contributed by atoms with Gasteiger partial charge in [-0.25, -0.2) is 0 Å². The summed E-state index contributed by atoms with van der Waals surface area (Å²) in [6.07, 6.45) is 0.940. The van der Waals surface area contributed by atoms with Gasteiger partial charge < -0.3 is 20.1 Å². The second-order valence-corrected chi connectivity index (χ2v) is 6.05. The molecular weight excluding hydrogens is 328 g/mol. The fourth-order valence-corrected chi connectivity index (χ4v) is 2.17. The highest BCUT2D eigenvalue weighted by molar-refractivity contribution is 5.93. The van der Waals surface area contributed by atoms with Crippen LogP contribution < -0.4 is 20.1 Å². The average Bonchev–Trinajstić information content (AvgIpc) is 2.64. The van der Waals surface area contributed by atoms with Crippen molar-refractivity contribution in [3.05, 3.63) is 60.7 Å². The fourth-order valence-electron chi connectivity index (χ4n) is 2.17. The van der Waals surface area contributed by atoms with Gasteiger partial charge in [-0.3, -0.25) is 4.79 Å². The van der Waals surface area contributed by atoms with Crippen LogP contribution in [0.4, 0.5) is 11.4 Å². The first-order valence-electron chi connectivity index (χ1n) is 8.70. The maximum atomic E-state index is 12.2. The Bertz CT molecular complexity index is 744. The van der Waals surface area contributed by atoms with Crippen LogP contribution in [0.15, 0.2) is 60.7 Å². The minimum Gasteiger partial charge on any atom is -0.494 e. The van der Waals surface area contributed by atoms with Crippen LogP contribution in [0.1, 0.15) is 20.3 Å². The number of carbonyl (C=O) groups excluding carboxylic acids is 1. The van der Waals surface area contributed by atoms with Crippen molar-refractivity contribution < 1.29 is 14.3 Å². The zero-order chi connectivity index (χ0) is 18.8.